The third kappa shape index (κ3) is 2.57. The van der Waals surface area contributed by atoms with Crippen molar-refractivity contribution in [3.05, 3.63) is 0 Å². The first kappa shape index (κ1) is 12.7. The number of hydrogen-bond donors (Lipinski definition) is 0. The molecule has 0 aromatic heterocycles. The van der Waals surface area contributed by atoms with E-state index in [0.29, 0.717) is 5.92 Å². The molecule has 0 aliphatic carbocycles. The van der Waals surface area contributed by atoms with Gasteiger partial charge >= 0.3 is 6.09 Å². The number of amides is 1. The maximum absolute atomic E-state index is 11.8. The summed E-state index contributed by atoms with van der Waals surface area (Å²) >= 11 is 0. The Morgan fingerprint density at radius 1 is 1.41 bits per heavy atom. The van der Waals surface area contributed by atoms with Crippen LogP contribution < -0.4 is 0 Å². The SMILES string of the molecule is CC1COCCC12CN(C(=O)OC(C)(C)C)C2. The number of likely N-dealkylation sites (tertiary alicyclic amines) is 1. The first-order chi connectivity index (χ1) is 7.82. The highest BCUT2D eigenvalue weighted by molar-refractivity contribution is 5.69. The van der Waals surface area contributed by atoms with Gasteiger partial charge in [-0.05, 0) is 33.1 Å². The lowest BCUT2D eigenvalue weighted by molar-refractivity contribution is -0.117. The number of nitrogens with zero attached hydrogens (tertiary/aromatic N) is 1. The van der Waals surface area contributed by atoms with Gasteiger partial charge in [0.25, 0.3) is 0 Å². The first-order valence-corrected chi connectivity index (χ1v) is 6.38. The monoisotopic (exact) mass is 241 g/mol. The van der Waals surface area contributed by atoms with Crippen LogP contribution in [0.2, 0.25) is 0 Å². The van der Waals surface area contributed by atoms with Crippen LogP contribution in [0.25, 0.3) is 0 Å². The molecular formula is C13H23NO3. The molecule has 2 heterocycles. The number of carbonyl (C=O) groups is 1. The summed E-state index contributed by atoms with van der Waals surface area (Å²) in [6, 6.07) is 0. The van der Waals surface area contributed by atoms with Gasteiger partial charge in [0.2, 0.25) is 0 Å². The number of carbonyl (C=O) groups excluding carboxylic acids is 1. The predicted molar refractivity (Wildman–Crippen MR) is 64.8 cm³/mol. The standard InChI is InChI=1S/C13H23NO3/c1-10-7-16-6-5-13(10)8-14(9-13)11(15)17-12(2,3)4/h10H,5-9H2,1-4H3. The Kier molecular flexibility index (Phi) is 3.10. The molecule has 0 aromatic carbocycles. The molecule has 0 bridgehead atoms. The Labute approximate surface area is 103 Å². The van der Waals surface area contributed by atoms with Gasteiger partial charge < -0.3 is 14.4 Å². The normalized spacial score (nSPS) is 27.8. The van der Waals surface area contributed by atoms with E-state index in [-0.39, 0.29) is 11.5 Å². The second kappa shape index (κ2) is 4.16. The zero-order chi connectivity index (χ0) is 12.7. The molecular weight excluding hydrogens is 218 g/mol. The van der Waals surface area contributed by atoms with E-state index in [2.05, 4.69) is 6.92 Å². The molecule has 4 heteroatoms. The predicted octanol–water partition coefficient (Wildman–Crippen LogP) is 2.28. The van der Waals surface area contributed by atoms with Crippen LogP contribution in [0.1, 0.15) is 34.1 Å². The minimum atomic E-state index is -0.402. The lowest BCUT2D eigenvalue weighted by atomic mass is 9.67. The number of rotatable bonds is 0. The Morgan fingerprint density at radius 3 is 2.59 bits per heavy atom. The van der Waals surface area contributed by atoms with Gasteiger partial charge in [-0.2, -0.15) is 0 Å². The minimum Gasteiger partial charge on any atom is -0.444 e. The Morgan fingerprint density at radius 2 is 2.06 bits per heavy atom. The summed E-state index contributed by atoms with van der Waals surface area (Å²) in [5, 5.41) is 0. The average Bonchev–Trinajstić information content (AvgIpc) is 2.12. The number of ether oxygens (including phenoxy) is 2. The van der Waals surface area contributed by atoms with Crippen LogP contribution >= 0.6 is 0 Å². The van der Waals surface area contributed by atoms with Crippen molar-refractivity contribution in [3.8, 4) is 0 Å². The molecule has 2 rings (SSSR count). The summed E-state index contributed by atoms with van der Waals surface area (Å²) in [6.07, 6.45) is 0.884. The van der Waals surface area contributed by atoms with Crippen molar-refractivity contribution in [2.75, 3.05) is 26.3 Å². The average molecular weight is 241 g/mol. The minimum absolute atomic E-state index is 0.179. The zero-order valence-corrected chi connectivity index (χ0v) is 11.3. The van der Waals surface area contributed by atoms with Crippen molar-refractivity contribution in [3.63, 3.8) is 0 Å². The van der Waals surface area contributed by atoms with Gasteiger partial charge in [-0.1, -0.05) is 6.92 Å². The second-order valence-corrected chi connectivity index (χ2v) is 6.42. The zero-order valence-electron chi connectivity index (χ0n) is 11.3. The van der Waals surface area contributed by atoms with E-state index in [0.717, 1.165) is 32.7 Å². The molecule has 98 valence electrons. The van der Waals surface area contributed by atoms with Crippen LogP contribution in [0.15, 0.2) is 0 Å². The molecule has 2 fully saturated rings. The van der Waals surface area contributed by atoms with E-state index in [1.165, 1.54) is 0 Å². The fourth-order valence-corrected chi connectivity index (χ4v) is 2.60. The fraction of sp³-hybridized carbons (Fsp3) is 0.923. The molecule has 0 saturated carbocycles. The third-order valence-corrected chi connectivity index (χ3v) is 3.82. The highest BCUT2D eigenvalue weighted by atomic mass is 16.6. The van der Waals surface area contributed by atoms with Crippen molar-refractivity contribution in [2.45, 2.75) is 39.7 Å². The van der Waals surface area contributed by atoms with E-state index in [4.69, 9.17) is 9.47 Å². The van der Waals surface area contributed by atoms with Crippen LogP contribution in [0.3, 0.4) is 0 Å². The molecule has 4 nitrogen and oxygen atoms in total. The lowest BCUT2D eigenvalue weighted by Gasteiger charge is -2.55. The molecule has 0 aromatic rings. The summed E-state index contributed by atoms with van der Waals surface area (Å²) in [6.45, 7) is 11.2. The molecule has 1 spiro atoms. The molecule has 0 radical (unpaired) electrons. The molecule has 2 aliphatic rings. The van der Waals surface area contributed by atoms with Gasteiger partial charge in [0.1, 0.15) is 5.60 Å². The highest BCUT2D eigenvalue weighted by Gasteiger charge is 2.50. The Balaban J connectivity index is 1.87. The third-order valence-electron chi connectivity index (χ3n) is 3.82. The van der Waals surface area contributed by atoms with E-state index in [1.54, 1.807) is 0 Å². The fourth-order valence-electron chi connectivity index (χ4n) is 2.60. The first-order valence-electron chi connectivity index (χ1n) is 6.38. The second-order valence-electron chi connectivity index (χ2n) is 6.42. The van der Waals surface area contributed by atoms with Crippen molar-refractivity contribution in [2.24, 2.45) is 11.3 Å². The van der Waals surface area contributed by atoms with Gasteiger partial charge in [-0.25, -0.2) is 4.79 Å². The number of hydrogen-bond acceptors (Lipinski definition) is 3. The largest absolute Gasteiger partial charge is 0.444 e. The van der Waals surface area contributed by atoms with Crippen molar-refractivity contribution in [1.82, 2.24) is 4.90 Å². The van der Waals surface area contributed by atoms with E-state index in [1.807, 2.05) is 25.7 Å². The molecule has 0 N–H and O–H groups in total. The van der Waals surface area contributed by atoms with Gasteiger partial charge in [-0.3, -0.25) is 0 Å². The van der Waals surface area contributed by atoms with Gasteiger partial charge in [0.15, 0.2) is 0 Å². The Hall–Kier alpha value is -0.770. The van der Waals surface area contributed by atoms with Gasteiger partial charge in [0.05, 0.1) is 0 Å². The van der Waals surface area contributed by atoms with Crippen LogP contribution in [-0.4, -0.2) is 42.9 Å². The molecule has 1 amide bonds. The smallest absolute Gasteiger partial charge is 0.410 e. The van der Waals surface area contributed by atoms with Crippen molar-refractivity contribution in [1.29, 1.82) is 0 Å². The van der Waals surface area contributed by atoms with Crippen LogP contribution in [0.4, 0.5) is 4.79 Å². The molecule has 1 atom stereocenters. The van der Waals surface area contributed by atoms with Crippen LogP contribution in [0.5, 0.6) is 0 Å². The molecule has 2 aliphatic heterocycles. The van der Waals surface area contributed by atoms with Gasteiger partial charge in [0, 0.05) is 31.7 Å². The Bertz CT molecular complexity index is 302. The summed E-state index contributed by atoms with van der Waals surface area (Å²) in [4.78, 5) is 13.7. The van der Waals surface area contributed by atoms with Crippen molar-refractivity contribution >= 4 is 6.09 Å². The summed E-state index contributed by atoms with van der Waals surface area (Å²) in [5.41, 5.74) is -0.115. The molecule has 2 saturated heterocycles. The van der Waals surface area contributed by atoms with Crippen LogP contribution in [-0.2, 0) is 9.47 Å². The van der Waals surface area contributed by atoms with E-state index < -0.39 is 5.60 Å². The maximum Gasteiger partial charge on any atom is 0.410 e. The van der Waals surface area contributed by atoms with Gasteiger partial charge in [-0.15, -0.1) is 0 Å². The summed E-state index contributed by atoms with van der Waals surface area (Å²) < 4.78 is 10.8. The van der Waals surface area contributed by atoms with Crippen LogP contribution in [0, 0.1) is 11.3 Å². The lowest BCUT2D eigenvalue weighted by Crippen LogP contribution is -2.64. The molecule has 17 heavy (non-hydrogen) atoms. The highest BCUT2D eigenvalue weighted by Crippen LogP contribution is 2.43. The van der Waals surface area contributed by atoms with E-state index >= 15 is 0 Å². The quantitative estimate of drug-likeness (QED) is 0.653. The maximum atomic E-state index is 11.8. The van der Waals surface area contributed by atoms with E-state index in [9.17, 15) is 4.79 Å². The topological polar surface area (TPSA) is 38.8 Å². The van der Waals surface area contributed by atoms with Crippen molar-refractivity contribution < 1.29 is 14.3 Å². The summed E-state index contributed by atoms with van der Waals surface area (Å²) in [5.74, 6) is 0.537. The molecule has 1 unspecified atom stereocenters. The summed E-state index contributed by atoms with van der Waals surface area (Å²) in [7, 11) is 0.